The number of aromatic carboxylic acids is 1. The molecule has 0 aliphatic heterocycles. The first kappa shape index (κ1) is 16.9. The Balaban J connectivity index is 1.78. The minimum absolute atomic E-state index is 0.203. The second-order valence-electron chi connectivity index (χ2n) is 5.06. The van der Waals surface area contributed by atoms with Crippen LogP contribution >= 0.6 is 22.9 Å². The molecule has 0 saturated carbocycles. The number of nitrogens with zero attached hydrogens (tertiary/aromatic N) is 2. The van der Waals surface area contributed by atoms with Crippen LogP contribution in [-0.4, -0.2) is 22.3 Å². The molecular formula is C17H13ClN4O2S. The van der Waals surface area contributed by atoms with Gasteiger partial charge in [0.25, 0.3) is 0 Å². The number of carboxylic acids is 1. The Bertz CT molecular complexity index is 938. The number of rotatable bonds is 5. The molecule has 2 aromatic carbocycles. The van der Waals surface area contributed by atoms with Crippen LogP contribution in [0.5, 0.6) is 0 Å². The van der Waals surface area contributed by atoms with Crippen molar-refractivity contribution in [2.75, 3.05) is 11.2 Å². The molecular weight excluding hydrogens is 360 g/mol. The van der Waals surface area contributed by atoms with Gasteiger partial charge in [-0.2, -0.15) is 5.10 Å². The minimum atomic E-state index is -0.996. The Labute approximate surface area is 152 Å². The molecule has 3 rings (SSSR count). The molecule has 6 nitrogen and oxygen atoms in total. The third-order valence-electron chi connectivity index (χ3n) is 3.33. The van der Waals surface area contributed by atoms with Gasteiger partial charge in [0, 0.05) is 10.4 Å². The highest BCUT2D eigenvalue weighted by Crippen LogP contribution is 2.27. The zero-order valence-electron chi connectivity index (χ0n) is 12.8. The fourth-order valence-corrected chi connectivity index (χ4v) is 2.91. The van der Waals surface area contributed by atoms with Crippen LogP contribution < -0.4 is 11.2 Å². The molecule has 0 atom stereocenters. The smallest absolute Gasteiger partial charge is 0.336 e. The highest BCUT2D eigenvalue weighted by molar-refractivity contribution is 7.14. The van der Waals surface area contributed by atoms with Crippen LogP contribution in [0.4, 0.5) is 10.9 Å². The standard InChI is InChI=1S/C17H13ClN4O2S/c18-12-5-6-13(16(23)24)14(7-12)11-3-1-10(2-4-11)8-20-22-17-21-15(19)9-25-17/h1-9H,19H2,(H,21,22)(H,23,24). The Kier molecular flexibility index (Phi) is 4.97. The van der Waals surface area contributed by atoms with Crippen molar-refractivity contribution >= 4 is 46.1 Å². The lowest BCUT2D eigenvalue weighted by molar-refractivity contribution is 0.0697. The van der Waals surface area contributed by atoms with Gasteiger partial charge >= 0.3 is 5.97 Å². The molecule has 0 radical (unpaired) electrons. The van der Waals surface area contributed by atoms with Gasteiger partial charge in [0.1, 0.15) is 5.82 Å². The topological polar surface area (TPSA) is 101 Å². The van der Waals surface area contributed by atoms with Gasteiger partial charge < -0.3 is 10.8 Å². The summed E-state index contributed by atoms with van der Waals surface area (Å²) < 4.78 is 0. The number of nitrogens with two attached hydrogens (primary N) is 1. The van der Waals surface area contributed by atoms with E-state index in [0.717, 1.165) is 11.1 Å². The third kappa shape index (κ3) is 4.14. The normalized spacial score (nSPS) is 10.9. The van der Waals surface area contributed by atoms with E-state index >= 15 is 0 Å². The molecule has 0 aliphatic carbocycles. The molecule has 0 amide bonds. The molecule has 8 heteroatoms. The molecule has 1 aromatic heterocycles. The number of hydrazone groups is 1. The van der Waals surface area contributed by atoms with Crippen LogP contribution in [0.3, 0.4) is 0 Å². The Morgan fingerprint density at radius 1 is 1.28 bits per heavy atom. The average molecular weight is 373 g/mol. The quantitative estimate of drug-likeness (QED) is 0.460. The number of hydrogen-bond acceptors (Lipinski definition) is 6. The first-order valence-electron chi connectivity index (χ1n) is 7.16. The lowest BCUT2D eigenvalue weighted by Gasteiger charge is -2.07. The van der Waals surface area contributed by atoms with Gasteiger partial charge in [-0.25, -0.2) is 9.78 Å². The molecule has 1 heterocycles. The summed E-state index contributed by atoms with van der Waals surface area (Å²) in [6.07, 6.45) is 1.64. The van der Waals surface area contributed by atoms with E-state index in [2.05, 4.69) is 15.5 Å². The maximum atomic E-state index is 11.4. The molecule has 126 valence electrons. The minimum Gasteiger partial charge on any atom is -0.478 e. The van der Waals surface area contributed by atoms with Gasteiger partial charge in [-0.3, -0.25) is 5.43 Å². The number of aromatic nitrogens is 1. The van der Waals surface area contributed by atoms with E-state index in [0.29, 0.717) is 21.5 Å². The lowest BCUT2D eigenvalue weighted by Crippen LogP contribution is -1.99. The number of nitrogen functional groups attached to an aromatic ring is 1. The molecule has 25 heavy (non-hydrogen) atoms. The number of carbonyl (C=O) groups is 1. The van der Waals surface area contributed by atoms with Crippen molar-refractivity contribution in [3.63, 3.8) is 0 Å². The lowest BCUT2D eigenvalue weighted by atomic mass is 9.99. The predicted octanol–water partition coefficient (Wildman–Crippen LogP) is 4.19. The fourth-order valence-electron chi connectivity index (χ4n) is 2.19. The van der Waals surface area contributed by atoms with Crippen molar-refractivity contribution < 1.29 is 9.90 Å². The summed E-state index contributed by atoms with van der Waals surface area (Å²) in [5.41, 5.74) is 10.7. The maximum Gasteiger partial charge on any atom is 0.336 e. The Morgan fingerprint density at radius 2 is 2.04 bits per heavy atom. The summed E-state index contributed by atoms with van der Waals surface area (Å²) in [7, 11) is 0. The summed E-state index contributed by atoms with van der Waals surface area (Å²) in [6, 6.07) is 12.0. The maximum absolute atomic E-state index is 11.4. The van der Waals surface area contributed by atoms with Crippen LogP contribution in [0, 0.1) is 0 Å². The van der Waals surface area contributed by atoms with Crippen molar-refractivity contribution in [2.45, 2.75) is 0 Å². The third-order valence-corrected chi connectivity index (χ3v) is 4.33. The second kappa shape index (κ2) is 7.33. The van der Waals surface area contributed by atoms with E-state index < -0.39 is 5.97 Å². The molecule has 0 unspecified atom stereocenters. The van der Waals surface area contributed by atoms with Gasteiger partial charge in [0.15, 0.2) is 0 Å². The molecule has 4 N–H and O–H groups in total. The monoisotopic (exact) mass is 372 g/mol. The number of thiazole rings is 1. The van der Waals surface area contributed by atoms with Crippen molar-refractivity contribution in [3.8, 4) is 11.1 Å². The van der Waals surface area contributed by atoms with Crippen LogP contribution in [-0.2, 0) is 0 Å². The number of halogens is 1. The van der Waals surface area contributed by atoms with E-state index in [1.165, 1.54) is 17.4 Å². The average Bonchev–Trinajstić information content (AvgIpc) is 3.00. The fraction of sp³-hybridized carbons (Fsp3) is 0. The zero-order chi connectivity index (χ0) is 17.8. The van der Waals surface area contributed by atoms with Crippen molar-refractivity contribution in [1.82, 2.24) is 4.98 Å². The second-order valence-corrected chi connectivity index (χ2v) is 6.36. The summed E-state index contributed by atoms with van der Waals surface area (Å²) in [5.74, 6) is -0.549. The van der Waals surface area contributed by atoms with E-state index in [1.807, 2.05) is 24.3 Å². The largest absolute Gasteiger partial charge is 0.478 e. The SMILES string of the molecule is Nc1csc(NN=Cc2ccc(-c3cc(Cl)ccc3C(=O)O)cc2)n1. The van der Waals surface area contributed by atoms with Crippen molar-refractivity contribution in [3.05, 3.63) is 64.0 Å². The van der Waals surface area contributed by atoms with E-state index in [1.54, 1.807) is 23.7 Å². The molecule has 0 spiro atoms. The Hall–Kier alpha value is -2.90. The summed E-state index contributed by atoms with van der Waals surface area (Å²) in [5, 5.41) is 16.2. The molecule has 3 aromatic rings. The first-order chi connectivity index (χ1) is 12.0. The Morgan fingerprint density at radius 3 is 2.68 bits per heavy atom. The van der Waals surface area contributed by atoms with Gasteiger partial charge in [0.2, 0.25) is 5.13 Å². The van der Waals surface area contributed by atoms with Gasteiger partial charge in [0.05, 0.1) is 11.8 Å². The highest BCUT2D eigenvalue weighted by Gasteiger charge is 2.12. The van der Waals surface area contributed by atoms with E-state index in [4.69, 9.17) is 17.3 Å². The van der Waals surface area contributed by atoms with Crippen molar-refractivity contribution in [2.24, 2.45) is 5.10 Å². The van der Waals surface area contributed by atoms with Gasteiger partial charge in [-0.05, 0) is 34.9 Å². The molecule has 0 fully saturated rings. The summed E-state index contributed by atoms with van der Waals surface area (Å²) in [4.78, 5) is 15.4. The predicted molar refractivity (Wildman–Crippen MR) is 102 cm³/mol. The zero-order valence-corrected chi connectivity index (χ0v) is 14.4. The number of hydrogen-bond donors (Lipinski definition) is 3. The number of benzene rings is 2. The summed E-state index contributed by atoms with van der Waals surface area (Å²) >= 11 is 7.36. The molecule has 0 bridgehead atoms. The number of nitrogens with one attached hydrogen (secondary N) is 1. The van der Waals surface area contributed by atoms with E-state index in [-0.39, 0.29) is 5.56 Å². The van der Waals surface area contributed by atoms with E-state index in [9.17, 15) is 9.90 Å². The van der Waals surface area contributed by atoms with Crippen LogP contribution in [0.25, 0.3) is 11.1 Å². The highest BCUT2D eigenvalue weighted by atomic mass is 35.5. The van der Waals surface area contributed by atoms with Crippen LogP contribution in [0.15, 0.2) is 52.9 Å². The first-order valence-corrected chi connectivity index (χ1v) is 8.42. The van der Waals surface area contributed by atoms with Gasteiger partial charge in [-0.15, -0.1) is 11.3 Å². The van der Waals surface area contributed by atoms with Gasteiger partial charge in [-0.1, -0.05) is 35.9 Å². The summed E-state index contributed by atoms with van der Waals surface area (Å²) in [6.45, 7) is 0. The number of anilines is 2. The van der Waals surface area contributed by atoms with Crippen molar-refractivity contribution in [1.29, 1.82) is 0 Å². The number of carboxylic acid groups (broad SMARTS) is 1. The van der Waals surface area contributed by atoms with Crippen LogP contribution in [0.1, 0.15) is 15.9 Å². The molecule has 0 aliphatic rings. The van der Waals surface area contributed by atoms with Crippen LogP contribution in [0.2, 0.25) is 5.02 Å². The molecule has 0 saturated heterocycles.